The van der Waals surface area contributed by atoms with Crippen molar-refractivity contribution in [1.29, 1.82) is 0 Å². The Balaban J connectivity index is 2.15. The molecule has 20 heavy (non-hydrogen) atoms. The molecule has 1 fully saturated rings. The van der Waals surface area contributed by atoms with E-state index in [1.54, 1.807) is 12.1 Å². The van der Waals surface area contributed by atoms with Crippen molar-refractivity contribution in [3.05, 3.63) is 47.5 Å². The molecule has 0 saturated heterocycles. The second-order valence-corrected chi connectivity index (χ2v) is 5.04. The molecule has 0 bridgehead atoms. The second kappa shape index (κ2) is 4.94. The molecule has 0 aliphatic heterocycles. The monoisotopic (exact) mass is 284 g/mol. The Hall–Kier alpha value is -1.82. The number of hydrogen-bond acceptors (Lipinski definition) is 2. The van der Waals surface area contributed by atoms with Gasteiger partial charge < -0.3 is 11.1 Å². The molecule has 1 amide bonds. The van der Waals surface area contributed by atoms with Gasteiger partial charge in [-0.15, -0.1) is 0 Å². The summed E-state index contributed by atoms with van der Waals surface area (Å²) < 4.78 is 39.2. The maximum atomic E-state index is 13.1. The molecular weight excluding hydrogens is 269 g/mol. The average molecular weight is 284 g/mol. The van der Waals surface area contributed by atoms with Crippen LogP contribution in [0.15, 0.2) is 36.4 Å². The molecular formula is C14H15F3N2O. The van der Waals surface area contributed by atoms with Crippen LogP contribution < -0.4 is 11.1 Å². The van der Waals surface area contributed by atoms with Crippen LogP contribution in [0.2, 0.25) is 0 Å². The van der Waals surface area contributed by atoms with Gasteiger partial charge in [-0.05, 0) is 17.7 Å². The molecule has 0 radical (unpaired) electrons. The lowest BCUT2D eigenvalue weighted by molar-refractivity contribution is -0.204. The minimum absolute atomic E-state index is 0.184. The lowest BCUT2D eigenvalue weighted by Crippen LogP contribution is -2.63. The standard InChI is InChI=1S/C14H15F3N2O/c1-9-6-13(7-9,14(15,16)17)19-12(20)11-4-2-10(8-18)3-5-11/h2-5H,1,6-8,18H2,(H,19,20). The van der Waals surface area contributed by atoms with Crippen LogP contribution in [0, 0.1) is 0 Å². The van der Waals surface area contributed by atoms with E-state index in [9.17, 15) is 18.0 Å². The summed E-state index contributed by atoms with van der Waals surface area (Å²) >= 11 is 0. The van der Waals surface area contributed by atoms with E-state index in [0.29, 0.717) is 12.1 Å². The molecule has 3 N–H and O–H groups in total. The van der Waals surface area contributed by atoms with E-state index in [1.165, 1.54) is 12.1 Å². The molecule has 0 atom stereocenters. The zero-order valence-electron chi connectivity index (χ0n) is 10.8. The normalized spacial score (nSPS) is 17.5. The maximum absolute atomic E-state index is 13.1. The number of alkyl halides is 3. The SMILES string of the molecule is C=C1CC(NC(=O)c2ccc(CN)cc2)(C(F)(F)F)C1. The summed E-state index contributed by atoms with van der Waals surface area (Å²) in [7, 11) is 0. The molecule has 0 spiro atoms. The van der Waals surface area contributed by atoms with E-state index < -0.39 is 17.6 Å². The van der Waals surface area contributed by atoms with E-state index in [2.05, 4.69) is 11.9 Å². The van der Waals surface area contributed by atoms with E-state index >= 15 is 0 Å². The fourth-order valence-corrected chi connectivity index (χ4v) is 2.24. The molecule has 1 aliphatic rings. The van der Waals surface area contributed by atoms with Crippen molar-refractivity contribution in [2.24, 2.45) is 5.73 Å². The van der Waals surface area contributed by atoms with E-state index in [1.807, 2.05) is 0 Å². The highest BCUT2D eigenvalue weighted by Gasteiger charge is 2.60. The molecule has 1 aromatic rings. The quantitative estimate of drug-likeness (QED) is 0.838. The van der Waals surface area contributed by atoms with Crippen LogP contribution in [-0.4, -0.2) is 17.6 Å². The Bertz CT molecular complexity index is 526. The molecule has 2 rings (SSSR count). The summed E-state index contributed by atoms with van der Waals surface area (Å²) in [5.74, 6) is -0.738. The van der Waals surface area contributed by atoms with E-state index in [-0.39, 0.29) is 18.4 Å². The van der Waals surface area contributed by atoms with Crippen molar-refractivity contribution in [2.75, 3.05) is 0 Å². The number of hydrogen-bond donors (Lipinski definition) is 2. The summed E-state index contributed by atoms with van der Waals surface area (Å²) in [5, 5.41) is 2.10. The highest BCUT2D eigenvalue weighted by atomic mass is 19.4. The van der Waals surface area contributed by atoms with Crippen LogP contribution >= 0.6 is 0 Å². The highest BCUT2D eigenvalue weighted by molar-refractivity contribution is 5.95. The number of carbonyl (C=O) groups excluding carboxylic acids is 1. The number of halogens is 3. The lowest BCUT2D eigenvalue weighted by Gasteiger charge is -2.45. The van der Waals surface area contributed by atoms with Gasteiger partial charge in [0.05, 0.1) is 0 Å². The first kappa shape index (κ1) is 14.6. The fraction of sp³-hybridized carbons (Fsp3) is 0.357. The summed E-state index contributed by atoms with van der Waals surface area (Å²) in [6.07, 6.45) is -5.01. The zero-order valence-corrected chi connectivity index (χ0v) is 10.8. The van der Waals surface area contributed by atoms with E-state index in [0.717, 1.165) is 5.56 Å². The zero-order chi connectivity index (χ0) is 15.0. The smallest absolute Gasteiger partial charge is 0.337 e. The van der Waals surface area contributed by atoms with Crippen LogP contribution in [0.25, 0.3) is 0 Å². The van der Waals surface area contributed by atoms with Gasteiger partial charge in [-0.3, -0.25) is 4.79 Å². The second-order valence-electron chi connectivity index (χ2n) is 5.04. The molecule has 1 saturated carbocycles. The molecule has 0 aromatic heterocycles. The van der Waals surface area contributed by atoms with Gasteiger partial charge in [0.25, 0.3) is 5.91 Å². The van der Waals surface area contributed by atoms with Crippen LogP contribution in [0.4, 0.5) is 13.2 Å². The van der Waals surface area contributed by atoms with Crippen LogP contribution in [0.5, 0.6) is 0 Å². The summed E-state index contributed by atoms with van der Waals surface area (Å²) in [5.41, 5.74) is 4.73. The van der Waals surface area contributed by atoms with Crippen molar-refractivity contribution in [3.63, 3.8) is 0 Å². The molecule has 0 unspecified atom stereocenters. The van der Waals surface area contributed by atoms with Crippen LogP contribution in [-0.2, 0) is 6.54 Å². The highest BCUT2D eigenvalue weighted by Crippen LogP contribution is 2.47. The Morgan fingerprint density at radius 2 is 1.85 bits per heavy atom. The van der Waals surface area contributed by atoms with Crippen LogP contribution in [0.1, 0.15) is 28.8 Å². The molecule has 0 heterocycles. The molecule has 6 heteroatoms. The summed E-state index contributed by atoms with van der Waals surface area (Å²) in [6, 6.07) is 6.17. The Morgan fingerprint density at radius 1 is 1.30 bits per heavy atom. The summed E-state index contributed by atoms with van der Waals surface area (Å²) in [6.45, 7) is 3.82. The van der Waals surface area contributed by atoms with Crippen molar-refractivity contribution < 1.29 is 18.0 Å². The van der Waals surface area contributed by atoms with Gasteiger partial charge in [-0.25, -0.2) is 0 Å². The Labute approximate surface area is 114 Å². The number of nitrogens with two attached hydrogens (primary N) is 1. The third-order valence-corrected chi connectivity index (χ3v) is 3.45. The molecule has 108 valence electrons. The summed E-state index contributed by atoms with van der Waals surface area (Å²) in [4.78, 5) is 11.9. The molecule has 1 aliphatic carbocycles. The minimum Gasteiger partial charge on any atom is -0.337 e. The first-order chi connectivity index (χ1) is 9.27. The topological polar surface area (TPSA) is 55.1 Å². The first-order valence-electron chi connectivity index (χ1n) is 6.12. The van der Waals surface area contributed by atoms with Crippen LogP contribution in [0.3, 0.4) is 0 Å². The minimum atomic E-state index is -4.49. The maximum Gasteiger partial charge on any atom is 0.412 e. The number of carbonyl (C=O) groups is 1. The van der Waals surface area contributed by atoms with Gasteiger partial charge in [0.2, 0.25) is 0 Å². The van der Waals surface area contributed by atoms with Crippen molar-refractivity contribution in [1.82, 2.24) is 5.32 Å². The van der Waals surface area contributed by atoms with Crippen molar-refractivity contribution >= 4 is 5.91 Å². The third-order valence-electron chi connectivity index (χ3n) is 3.45. The predicted molar refractivity (Wildman–Crippen MR) is 69.0 cm³/mol. The predicted octanol–water partition coefficient (Wildman–Crippen LogP) is 2.53. The van der Waals surface area contributed by atoms with Gasteiger partial charge in [0.15, 0.2) is 0 Å². The van der Waals surface area contributed by atoms with Crippen molar-refractivity contribution in [3.8, 4) is 0 Å². The third kappa shape index (κ3) is 2.56. The lowest BCUT2D eigenvalue weighted by atomic mass is 9.72. The molecule has 3 nitrogen and oxygen atoms in total. The first-order valence-corrected chi connectivity index (χ1v) is 6.12. The number of benzene rings is 1. The Morgan fingerprint density at radius 3 is 2.25 bits per heavy atom. The largest absolute Gasteiger partial charge is 0.412 e. The van der Waals surface area contributed by atoms with Gasteiger partial charge >= 0.3 is 6.18 Å². The average Bonchev–Trinajstić information content (AvgIpc) is 2.35. The van der Waals surface area contributed by atoms with Crippen molar-refractivity contribution in [2.45, 2.75) is 31.1 Å². The van der Waals surface area contributed by atoms with Gasteiger partial charge in [0.1, 0.15) is 5.54 Å². The number of amides is 1. The van der Waals surface area contributed by atoms with Gasteiger partial charge in [0, 0.05) is 24.9 Å². The molecule has 1 aromatic carbocycles. The van der Waals surface area contributed by atoms with Gasteiger partial charge in [-0.2, -0.15) is 13.2 Å². The number of nitrogens with one attached hydrogen (secondary N) is 1. The van der Waals surface area contributed by atoms with E-state index in [4.69, 9.17) is 5.73 Å². The Kier molecular flexibility index (Phi) is 3.60. The number of rotatable bonds is 3. The van der Waals surface area contributed by atoms with Gasteiger partial charge in [-0.1, -0.05) is 24.3 Å². The fourth-order valence-electron chi connectivity index (χ4n) is 2.24.